The summed E-state index contributed by atoms with van der Waals surface area (Å²) in [5.41, 5.74) is 8.05. The molecule has 0 atom stereocenters. The monoisotopic (exact) mass is 374 g/mol. The van der Waals surface area contributed by atoms with E-state index >= 15 is 0 Å². The zero-order chi connectivity index (χ0) is 19.9. The molecule has 0 aliphatic rings. The van der Waals surface area contributed by atoms with Crippen LogP contribution in [0.5, 0.6) is 0 Å². The molecule has 1 nitrogen and oxygen atoms in total. The molecule has 0 heterocycles. The lowest BCUT2D eigenvalue weighted by Crippen LogP contribution is -1.98. The van der Waals surface area contributed by atoms with Crippen LogP contribution in [0.25, 0.3) is 11.1 Å². The molecular weight excluding hydrogens is 352 g/mol. The number of aldehydes is 1. The Morgan fingerprint density at radius 1 is 0.483 bits per heavy atom. The Morgan fingerprint density at radius 2 is 0.828 bits per heavy atom. The van der Waals surface area contributed by atoms with Gasteiger partial charge >= 0.3 is 0 Å². The second-order valence-electron chi connectivity index (χ2n) is 6.92. The average Bonchev–Trinajstić information content (AvgIpc) is 2.80. The van der Waals surface area contributed by atoms with Gasteiger partial charge < -0.3 is 4.79 Å². The van der Waals surface area contributed by atoms with Gasteiger partial charge in [-0.05, 0) is 39.0 Å². The first kappa shape index (κ1) is 18.6. The summed E-state index contributed by atoms with van der Waals surface area (Å²) in [7, 11) is 0. The first-order valence-corrected chi connectivity index (χ1v) is 9.80. The normalized spacial score (nSPS) is 10.3. The SMILES string of the molecule is O=CCc1ccc(C(=C(c2ccccc2)c2ccccc2)c2ccccc2)cc1. The van der Waals surface area contributed by atoms with Crippen molar-refractivity contribution in [3.63, 3.8) is 0 Å². The van der Waals surface area contributed by atoms with Gasteiger partial charge in [-0.1, -0.05) is 115 Å². The highest BCUT2D eigenvalue weighted by molar-refractivity contribution is 6.04. The predicted octanol–water partition coefficient (Wildman–Crippen LogP) is 6.44. The molecule has 4 rings (SSSR count). The molecule has 0 amide bonds. The molecule has 0 aromatic heterocycles. The lowest BCUT2D eigenvalue weighted by Gasteiger charge is -2.18. The maximum absolute atomic E-state index is 10.9. The summed E-state index contributed by atoms with van der Waals surface area (Å²) < 4.78 is 0. The van der Waals surface area contributed by atoms with E-state index in [1.54, 1.807) is 0 Å². The summed E-state index contributed by atoms with van der Waals surface area (Å²) in [5.74, 6) is 0. The second kappa shape index (κ2) is 8.99. The summed E-state index contributed by atoms with van der Waals surface area (Å²) in [6.45, 7) is 0. The van der Waals surface area contributed by atoms with Gasteiger partial charge in [0.15, 0.2) is 0 Å². The number of hydrogen-bond acceptors (Lipinski definition) is 1. The molecule has 0 N–H and O–H groups in total. The number of benzene rings is 4. The van der Waals surface area contributed by atoms with Crippen molar-refractivity contribution in [3.05, 3.63) is 143 Å². The molecule has 0 unspecified atom stereocenters. The molecular formula is C28H22O. The topological polar surface area (TPSA) is 17.1 Å². The van der Waals surface area contributed by atoms with Crippen LogP contribution in [0.1, 0.15) is 27.8 Å². The smallest absolute Gasteiger partial charge is 0.124 e. The first-order chi connectivity index (χ1) is 14.4. The van der Waals surface area contributed by atoms with Crippen LogP contribution in [-0.2, 0) is 11.2 Å². The van der Waals surface area contributed by atoms with Crippen LogP contribution in [-0.4, -0.2) is 6.29 Å². The van der Waals surface area contributed by atoms with E-state index in [0.29, 0.717) is 6.42 Å². The van der Waals surface area contributed by atoms with Crippen LogP contribution >= 0.6 is 0 Å². The third-order valence-electron chi connectivity index (χ3n) is 5.00. The van der Waals surface area contributed by atoms with E-state index in [2.05, 4.69) is 84.9 Å². The summed E-state index contributed by atoms with van der Waals surface area (Å²) in [6.07, 6.45) is 1.39. The van der Waals surface area contributed by atoms with Crippen molar-refractivity contribution in [2.75, 3.05) is 0 Å². The zero-order valence-electron chi connectivity index (χ0n) is 16.2. The molecule has 140 valence electrons. The highest BCUT2D eigenvalue weighted by atomic mass is 16.1. The van der Waals surface area contributed by atoms with Crippen molar-refractivity contribution < 1.29 is 4.79 Å². The number of carbonyl (C=O) groups is 1. The Morgan fingerprint density at radius 3 is 1.17 bits per heavy atom. The minimum absolute atomic E-state index is 0.439. The third-order valence-corrected chi connectivity index (χ3v) is 5.00. The van der Waals surface area contributed by atoms with Gasteiger partial charge in [0.1, 0.15) is 6.29 Å². The van der Waals surface area contributed by atoms with Crippen LogP contribution < -0.4 is 0 Å². The molecule has 0 fully saturated rings. The fourth-order valence-electron chi connectivity index (χ4n) is 3.63. The van der Waals surface area contributed by atoms with Crippen molar-refractivity contribution >= 4 is 17.4 Å². The molecule has 0 aliphatic carbocycles. The fraction of sp³-hybridized carbons (Fsp3) is 0.0357. The van der Waals surface area contributed by atoms with Crippen molar-refractivity contribution in [2.45, 2.75) is 6.42 Å². The van der Waals surface area contributed by atoms with Gasteiger partial charge in [-0.15, -0.1) is 0 Å². The van der Waals surface area contributed by atoms with Crippen LogP contribution in [0, 0.1) is 0 Å². The summed E-state index contributed by atoms with van der Waals surface area (Å²) in [6, 6.07) is 39.8. The van der Waals surface area contributed by atoms with E-state index in [0.717, 1.165) is 17.4 Å². The van der Waals surface area contributed by atoms with Gasteiger partial charge in [0.05, 0.1) is 0 Å². The van der Waals surface area contributed by atoms with Gasteiger partial charge in [0, 0.05) is 6.42 Å². The van der Waals surface area contributed by atoms with E-state index in [9.17, 15) is 4.79 Å². The van der Waals surface area contributed by atoms with E-state index < -0.39 is 0 Å². The Kier molecular flexibility index (Phi) is 5.78. The highest BCUT2D eigenvalue weighted by Crippen LogP contribution is 2.36. The standard InChI is InChI=1S/C28H22O/c29-21-20-22-16-18-26(19-17-22)28(25-14-8-3-9-15-25)27(23-10-4-1-5-11-23)24-12-6-2-7-13-24/h1-19,21H,20H2. The van der Waals surface area contributed by atoms with Crippen LogP contribution in [0.3, 0.4) is 0 Å². The van der Waals surface area contributed by atoms with Crippen LogP contribution in [0.15, 0.2) is 115 Å². The van der Waals surface area contributed by atoms with Crippen molar-refractivity contribution in [1.82, 2.24) is 0 Å². The average molecular weight is 374 g/mol. The fourth-order valence-corrected chi connectivity index (χ4v) is 3.63. The summed E-state index contributed by atoms with van der Waals surface area (Å²) in [5, 5.41) is 0. The molecule has 1 heteroatoms. The lowest BCUT2D eigenvalue weighted by atomic mass is 9.85. The predicted molar refractivity (Wildman–Crippen MR) is 121 cm³/mol. The third kappa shape index (κ3) is 4.25. The Bertz CT molecular complexity index is 1050. The molecule has 0 saturated heterocycles. The molecule has 0 radical (unpaired) electrons. The van der Waals surface area contributed by atoms with Crippen LogP contribution in [0.2, 0.25) is 0 Å². The zero-order valence-corrected chi connectivity index (χ0v) is 16.2. The molecule has 0 aliphatic heterocycles. The van der Waals surface area contributed by atoms with Gasteiger partial charge in [-0.2, -0.15) is 0 Å². The van der Waals surface area contributed by atoms with Crippen molar-refractivity contribution in [3.8, 4) is 0 Å². The maximum atomic E-state index is 10.9. The molecule has 0 saturated carbocycles. The van der Waals surface area contributed by atoms with Gasteiger partial charge in [0.25, 0.3) is 0 Å². The van der Waals surface area contributed by atoms with Crippen molar-refractivity contribution in [1.29, 1.82) is 0 Å². The summed E-state index contributed by atoms with van der Waals surface area (Å²) in [4.78, 5) is 10.9. The lowest BCUT2D eigenvalue weighted by molar-refractivity contribution is -0.107. The quantitative estimate of drug-likeness (QED) is 0.280. The van der Waals surface area contributed by atoms with Crippen molar-refractivity contribution in [2.24, 2.45) is 0 Å². The molecule has 4 aromatic rings. The van der Waals surface area contributed by atoms with E-state index in [-0.39, 0.29) is 0 Å². The molecule has 0 bridgehead atoms. The summed E-state index contributed by atoms with van der Waals surface area (Å²) >= 11 is 0. The van der Waals surface area contributed by atoms with Gasteiger partial charge in [-0.25, -0.2) is 0 Å². The van der Waals surface area contributed by atoms with E-state index in [4.69, 9.17) is 0 Å². The van der Waals surface area contributed by atoms with Gasteiger partial charge in [-0.3, -0.25) is 0 Å². The molecule has 0 spiro atoms. The number of hydrogen-bond donors (Lipinski definition) is 0. The maximum Gasteiger partial charge on any atom is 0.124 e. The minimum Gasteiger partial charge on any atom is -0.303 e. The number of rotatable bonds is 6. The Balaban J connectivity index is 2.02. The first-order valence-electron chi connectivity index (χ1n) is 9.80. The largest absolute Gasteiger partial charge is 0.303 e. The Hall–Kier alpha value is -3.71. The second-order valence-corrected chi connectivity index (χ2v) is 6.92. The van der Waals surface area contributed by atoms with E-state index in [1.165, 1.54) is 27.8 Å². The molecule has 4 aromatic carbocycles. The van der Waals surface area contributed by atoms with E-state index in [1.807, 2.05) is 30.3 Å². The highest BCUT2D eigenvalue weighted by Gasteiger charge is 2.15. The van der Waals surface area contributed by atoms with Gasteiger partial charge in [0.2, 0.25) is 0 Å². The number of carbonyl (C=O) groups excluding carboxylic acids is 1. The Labute approximate surface area is 172 Å². The molecule has 29 heavy (non-hydrogen) atoms. The van der Waals surface area contributed by atoms with Crippen LogP contribution in [0.4, 0.5) is 0 Å². The minimum atomic E-state index is 0.439.